The highest BCUT2D eigenvalue weighted by atomic mass is 16.1. The second kappa shape index (κ2) is 8.31. The first kappa shape index (κ1) is 20.7. The standard InChI is InChI=1S/C27H26N2O2/c1-5-29-25-12-10-20(19(4)28-16-18(3)30)14-23(25)24-15-21(11-13-26(24)29)27(31)22-9-7-6-8-17(22)2/h6-15H,5,16H2,1-4H3/b28-19+. The Morgan fingerprint density at radius 1 is 0.871 bits per heavy atom. The van der Waals surface area contributed by atoms with Gasteiger partial charge in [0.25, 0.3) is 0 Å². The maximum atomic E-state index is 13.2. The van der Waals surface area contributed by atoms with Crippen LogP contribution in [0.2, 0.25) is 0 Å². The quantitative estimate of drug-likeness (QED) is 0.300. The van der Waals surface area contributed by atoms with E-state index in [1.807, 2.05) is 62.4 Å². The molecule has 0 N–H and O–H groups in total. The second-order valence-corrected chi connectivity index (χ2v) is 7.96. The van der Waals surface area contributed by atoms with Gasteiger partial charge >= 0.3 is 0 Å². The van der Waals surface area contributed by atoms with Crippen molar-refractivity contribution in [3.8, 4) is 0 Å². The summed E-state index contributed by atoms with van der Waals surface area (Å²) >= 11 is 0. The van der Waals surface area contributed by atoms with Crippen molar-refractivity contribution >= 4 is 39.1 Å². The molecule has 156 valence electrons. The summed E-state index contributed by atoms with van der Waals surface area (Å²) in [5.74, 6) is 0.0788. The van der Waals surface area contributed by atoms with Gasteiger partial charge in [-0.1, -0.05) is 30.3 Å². The number of rotatable bonds is 6. The van der Waals surface area contributed by atoms with Gasteiger partial charge in [-0.05, 0) is 69.2 Å². The maximum Gasteiger partial charge on any atom is 0.193 e. The summed E-state index contributed by atoms with van der Waals surface area (Å²) in [6, 6.07) is 19.9. The first-order chi connectivity index (χ1) is 14.9. The lowest BCUT2D eigenvalue weighted by molar-refractivity contribution is -0.115. The molecule has 0 amide bonds. The van der Waals surface area contributed by atoms with Gasteiger partial charge in [-0.15, -0.1) is 0 Å². The Hall–Kier alpha value is -3.53. The van der Waals surface area contributed by atoms with E-state index in [-0.39, 0.29) is 18.1 Å². The van der Waals surface area contributed by atoms with Gasteiger partial charge in [-0.25, -0.2) is 0 Å². The van der Waals surface area contributed by atoms with Crippen molar-refractivity contribution in [2.45, 2.75) is 34.2 Å². The third kappa shape index (κ3) is 3.81. The first-order valence-corrected chi connectivity index (χ1v) is 10.6. The number of aromatic nitrogens is 1. The number of fused-ring (bicyclic) bond motifs is 3. The zero-order valence-corrected chi connectivity index (χ0v) is 18.4. The molecule has 0 radical (unpaired) electrons. The van der Waals surface area contributed by atoms with E-state index in [4.69, 9.17) is 0 Å². The van der Waals surface area contributed by atoms with Crippen molar-refractivity contribution < 1.29 is 9.59 Å². The smallest absolute Gasteiger partial charge is 0.193 e. The van der Waals surface area contributed by atoms with Gasteiger partial charge in [-0.2, -0.15) is 0 Å². The molecule has 31 heavy (non-hydrogen) atoms. The lowest BCUT2D eigenvalue weighted by Gasteiger charge is -2.06. The minimum Gasteiger partial charge on any atom is -0.341 e. The lowest BCUT2D eigenvalue weighted by atomic mass is 9.97. The Bertz CT molecular complexity index is 1360. The summed E-state index contributed by atoms with van der Waals surface area (Å²) in [4.78, 5) is 28.9. The van der Waals surface area contributed by atoms with Crippen molar-refractivity contribution in [3.63, 3.8) is 0 Å². The van der Waals surface area contributed by atoms with Crippen LogP contribution in [0.1, 0.15) is 47.8 Å². The normalized spacial score (nSPS) is 11.9. The molecule has 1 aromatic heterocycles. The molecule has 0 bridgehead atoms. The van der Waals surface area contributed by atoms with Gasteiger partial charge in [-0.3, -0.25) is 14.6 Å². The number of carbonyl (C=O) groups excluding carboxylic acids is 2. The summed E-state index contributed by atoms with van der Waals surface area (Å²) in [5.41, 5.74) is 6.44. The fourth-order valence-electron chi connectivity index (χ4n) is 4.12. The van der Waals surface area contributed by atoms with Crippen LogP contribution in [-0.4, -0.2) is 28.4 Å². The van der Waals surface area contributed by atoms with E-state index in [1.54, 1.807) is 6.92 Å². The molecule has 4 rings (SSSR count). The number of ketones is 2. The van der Waals surface area contributed by atoms with E-state index >= 15 is 0 Å². The molecule has 0 fully saturated rings. The average Bonchev–Trinajstić information content (AvgIpc) is 3.09. The molecule has 4 nitrogen and oxygen atoms in total. The summed E-state index contributed by atoms with van der Waals surface area (Å²) in [6.07, 6.45) is 0. The van der Waals surface area contributed by atoms with E-state index in [1.165, 1.54) is 0 Å². The highest BCUT2D eigenvalue weighted by molar-refractivity contribution is 6.16. The predicted octanol–water partition coefficient (Wildman–Crippen LogP) is 5.75. The molecule has 0 saturated heterocycles. The van der Waals surface area contributed by atoms with Gasteiger partial charge < -0.3 is 4.57 Å². The van der Waals surface area contributed by atoms with Gasteiger partial charge in [0.15, 0.2) is 11.6 Å². The largest absolute Gasteiger partial charge is 0.341 e. The summed E-state index contributed by atoms with van der Waals surface area (Å²) in [7, 11) is 0. The number of aliphatic imine (C=N–C) groups is 1. The van der Waals surface area contributed by atoms with Crippen molar-refractivity contribution in [2.24, 2.45) is 4.99 Å². The Balaban J connectivity index is 1.89. The zero-order valence-electron chi connectivity index (χ0n) is 18.4. The van der Waals surface area contributed by atoms with Crippen LogP contribution < -0.4 is 0 Å². The highest BCUT2D eigenvalue weighted by Crippen LogP contribution is 2.31. The number of carbonyl (C=O) groups is 2. The maximum absolute atomic E-state index is 13.2. The van der Waals surface area contributed by atoms with Crippen LogP contribution in [0.15, 0.2) is 65.7 Å². The molecule has 0 saturated carbocycles. The van der Waals surface area contributed by atoms with Crippen LogP contribution >= 0.6 is 0 Å². The van der Waals surface area contributed by atoms with Gasteiger partial charge in [0.2, 0.25) is 0 Å². The van der Waals surface area contributed by atoms with E-state index < -0.39 is 0 Å². The average molecular weight is 411 g/mol. The molecular formula is C27H26N2O2. The molecule has 0 aliphatic rings. The topological polar surface area (TPSA) is 51.4 Å². The van der Waals surface area contributed by atoms with Crippen molar-refractivity contribution in [3.05, 3.63) is 82.9 Å². The third-order valence-corrected chi connectivity index (χ3v) is 5.79. The van der Waals surface area contributed by atoms with Gasteiger partial charge in [0.1, 0.15) is 0 Å². The number of nitrogens with zero attached hydrogens (tertiary/aromatic N) is 2. The number of benzene rings is 3. The highest BCUT2D eigenvalue weighted by Gasteiger charge is 2.16. The SMILES string of the molecule is CCn1c2ccc(C(=O)c3ccccc3C)cc2c2cc(/C(C)=N/CC(C)=O)ccc21. The van der Waals surface area contributed by atoms with Crippen LogP contribution in [0.3, 0.4) is 0 Å². The first-order valence-electron chi connectivity index (χ1n) is 10.6. The van der Waals surface area contributed by atoms with Crippen LogP contribution in [0.5, 0.6) is 0 Å². The minimum atomic E-state index is 0.0350. The molecule has 0 atom stereocenters. The Labute approximate surface area is 182 Å². The van der Waals surface area contributed by atoms with Crippen LogP contribution in [-0.2, 0) is 11.3 Å². The van der Waals surface area contributed by atoms with Crippen LogP contribution in [0.4, 0.5) is 0 Å². The molecule has 0 aliphatic carbocycles. The summed E-state index contributed by atoms with van der Waals surface area (Å²) in [6.45, 7) is 8.58. The predicted molar refractivity (Wildman–Crippen MR) is 127 cm³/mol. The number of hydrogen-bond donors (Lipinski definition) is 0. The van der Waals surface area contributed by atoms with Gasteiger partial charge in [0.05, 0.1) is 6.54 Å². The van der Waals surface area contributed by atoms with E-state index in [0.717, 1.165) is 50.8 Å². The number of aryl methyl sites for hydroxylation is 2. The van der Waals surface area contributed by atoms with Crippen LogP contribution in [0.25, 0.3) is 21.8 Å². The number of Topliss-reactive ketones (excluding diaryl/α,β-unsaturated/α-hetero) is 1. The molecule has 3 aromatic carbocycles. The molecule has 4 aromatic rings. The lowest BCUT2D eigenvalue weighted by Crippen LogP contribution is -2.03. The molecule has 0 aliphatic heterocycles. The molecule has 4 heteroatoms. The number of hydrogen-bond acceptors (Lipinski definition) is 3. The molecular weight excluding hydrogens is 384 g/mol. The van der Waals surface area contributed by atoms with Gasteiger partial charge in [0, 0.05) is 45.2 Å². The van der Waals surface area contributed by atoms with E-state index in [9.17, 15) is 9.59 Å². The molecule has 0 unspecified atom stereocenters. The fraction of sp³-hybridized carbons (Fsp3) is 0.222. The zero-order chi connectivity index (χ0) is 22.1. The van der Waals surface area contributed by atoms with Crippen LogP contribution in [0, 0.1) is 6.92 Å². The minimum absolute atomic E-state index is 0.0350. The molecule has 1 heterocycles. The second-order valence-electron chi connectivity index (χ2n) is 7.96. The van der Waals surface area contributed by atoms with Crippen molar-refractivity contribution in [1.29, 1.82) is 0 Å². The van der Waals surface area contributed by atoms with Crippen molar-refractivity contribution in [2.75, 3.05) is 6.54 Å². The summed E-state index contributed by atoms with van der Waals surface area (Å²) in [5, 5.41) is 2.14. The van der Waals surface area contributed by atoms with Crippen molar-refractivity contribution in [1.82, 2.24) is 4.57 Å². The summed E-state index contributed by atoms with van der Waals surface area (Å²) < 4.78 is 2.26. The van der Waals surface area contributed by atoms with E-state index in [0.29, 0.717) is 5.56 Å². The molecule has 0 spiro atoms. The Morgan fingerprint density at radius 3 is 2.10 bits per heavy atom. The Morgan fingerprint density at radius 2 is 1.48 bits per heavy atom. The fourth-order valence-corrected chi connectivity index (χ4v) is 4.12. The third-order valence-electron chi connectivity index (χ3n) is 5.79. The monoisotopic (exact) mass is 410 g/mol. The Kier molecular flexibility index (Phi) is 5.55. The van der Waals surface area contributed by atoms with E-state index in [2.05, 4.69) is 28.6 Å².